The number of nitrogens with zero attached hydrogens (tertiary/aromatic N) is 1. The van der Waals surface area contributed by atoms with Crippen LogP contribution in [0.2, 0.25) is 0 Å². The molecule has 0 aliphatic rings. The van der Waals surface area contributed by atoms with Gasteiger partial charge in [0.05, 0.1) is 12.2 Å². The molecule has 140 valence electrons. The Bertz CT molecular complexity index is 914. The monoisotopic (exact) mass is 386 g/mol. The maximum atomic E-state index is 13.8. The molecule has 1 heterocycles. The summed E-state index contributed by atoms with van der Waals surface area (Å²) in [5, 5.41) is 5.10. The molecule has 0 aliphatic heterocycles. The summed E-state index contributed by atoms with van der Waals surface area (Å²) in [5.74, 6) is 0.0278. The number of hydrogen-bond acceptors (Lipinski definition) is 5. The molecule has 2 aromatic carbocycles. The molecule has 7 heteroatoms. The van der Waals surface area contributed by atoms with Gasteiger partial charge in [0.15, 0.2) is 0 Å². The van der Waals surface area contributed by atoms with Crippen molar-refractivity contribution >= 4 is 17.2 Å². The standard InChI is InChI=1S/C20H19FN2O3S/c1-25-11-10-22-19(24)17-13-27-20(23-17)15-7-3-5-9-18(15)26-12-14-6-2-4-8-16(14)21/h2-9,13H,10-12H2,1H3,(H,22,24). The minimum absolute atomic E-state index is 0.111. The van der Waals surface area contributed by atoms with E-state index in [0.29, 0.717) is 35.2 Å². The fraction of sp³-hybridized carbons (Fsp3) is 0.200. The topological polar surface area (TPSA) is 60.5 Å². The highest BCUT2D eigenvalue weighted by molar-refractivity contribution is 7.13. The largest absolute Gasteiger partial charge is 0.488 e. The second kappa shape index (κ2) is 9.25. The molecule has 3 rings (SSSR count). The molecule has 0 radical (unpaired) electrons. The average Bonchev–Trinajstić information content (AvgIpc) is 3.18. The fourth-order valence-corrected chi connectivity index (χ4v) is 3.23. The van der Waals surface area contributed by atoms with Gasteiger partial charge in [0.1, 0.15) is 28.9 Å². The zero-order valence-corrected chi connectivity index (χ0v) is 15.6. The molecule has 0 saturated heterocycles. The van der Waals surface area contributed by atoms with Crippen molar-refractivity contribution in [1.29, 1.82) is 0 Å². The number of aromatic nitrogens is 1. The van der Waals surface area contributed by atoms with E-state index in [-0.39, 0.29) is 18.3 Å². The minimum atomic E-state index is -0.306. The molecule has 5 nitrogen and oxygen atoms in total. The Morgan fingerprint density at radius 1 is 1.19 bits per heavy atom. The van der Waals surface area contributed by atoms with Crippen molar-refractivity contribution in [3.63, 3.8) is 0 Å². The van der Waals surface area contributed by atoms with Crippen LogP contribution in [0.25, 0.3) is 10.6 Å². The van der Waals surface area contributed by atoms with Gasteiger partial charge in [-0.1, -0.05) is 30.3 Å². The smallest absolute Gasteiger partial charge is 0.270 e. The first-order valence-corrected chi connectivity index (χ1v) is 9.25. The van der Waals surface area contributed by atoms with E-state index in [9.17, 15) is 9.18 Å². The summed E-state index contributed by atoms with van der Waals surface area (Å²) >= 11 is 1.35. The van der Waals surface area contributed by atoms with E-state index in [4.69, 9.17) is 9.47 Å². The van der Waals surface area contributed by atoms with Crippen molar-refractivity contribution in [3.05, 3.63) is 71.0 Å². The number of carbonyl (C=O) groups excluding carboxylic acids is 1. The molecule has 0 spiro atoms. The van der Waals surface area contributed by atoms with Gasteiger partial charge in [-0.05, 0) is 18.2 Å². The number of para-hydroxylation sites is 1. The SMILES string of the molecule is COCCNC(=O)c1csc(-c2ccccc2OCc2ccccc2F)n1. The van der Waals surface area contributed by atoms with Crippen LogP contribution in [0.3, 0.4) is 0 Å². The van der Waals surface area contributed by atoms with Gasteiger partial charge in [-0.15, -0.1) is 11.3 Å². The Morgan fingerprint density at radius 3 is 2.78 bits per heavy atom. The molecular formula is C20H19FN2O3S. The first-order chi connectivity index (χ1) is 13.2. The van der Waals surface area contributed by atoms with E-state index in [2.05, 4.69) is 10.3 Å². The van der Waals surface area contributed by atoms with Crippen LogP contribution in [0.5, 0.6) is 5.75 Å². The van der Waals surface area contributed by atoms with Crippen molar-refractivity contribution in [3.8, 4) is 16.3 Å². The van der Waals surface area contributed by atoms with Crippen LogP contribution in [0.4, 0.5) is 4.39 Å². The summed E-state index contributed by atoms with van der Waals surface area (Å²) in [4.78, 5) is 16.5. The lowest BCUT2D eigenvalue weighted by Crippen LogP contribution is -2.27. The highest BCUT2D eigenvalue weighted by Gasteiger charge is 2.14. The van der Waals surface area contributed by atoms with Gasteiger partial charge in [0.25, 0.3) is 5.91 Å². The van der Waals surface area contributed by atoms with Crippen molar-refractivity contribution in [2.24, 2.45) is 0 Å². The number of carbonyl (C=O) groups is 1. The Kier molecular flexibility index (Phi) is 6.51. The van der Waals surface area contributed by atoms with Gasteiger partial charge in [-0.3, -0.25) is 4.79 Å². The van der Waals surface area contributed by atoms with Gasteiger partial charge < -0.3 is 14.8 Å². The van der Waals surface area contributed by atoms with E-state index < -0.39 is 0 Å². The van der Waals surface area contributed by atoms with Crippen LogP contribution in [0, 0.1) is 5.82 Å². The van der Waals surface area contributed by atoms with Gasteiger partial charge in [0, 0.05) is 24.6 Å². The van der Waals surface area contributed by atoms with Crippen molar-refractivity contribution in [2.75, 3.05) is 20.3 Å². The number of thiazole rings is 1. The summed E-state index contributed by atoms with van der Waals surface area (Å²) in [5.41, 5.74) is 1.58. The number of amides is 1. The van der Waals surface area contributed by atoms with Crippen molar-refractivity contribution in [1.82, 2.24) is 10.3 Å². The van der Waals surface area contributed by atoms with E-state index in [1.54, 1.807) is 36.8 Å². The lowest BCUT2D eigenvalue weighted by Gasteiger charge is -2.10. The third-order valence-corrected chi connectivity index (χ3v) is 4.66. The molecule has 0 bridgehead atoms. The lowest BCUT2D eigenvalue weighted by atomic mass is 10.2. The summed E-state index contributed by atoms with van der Waals surface area (Å²) in [6.07, 6.45) is 0. The lowest BCUT2D eigenvalue weighted by molar-refractivity contribution is 0.0933. The molecule has 1 aromatic heterocycles. The van der Waals surface area contributed by atoms with Gasteiger partial charge in [-0.25, -0.2) is 9.37 Å². The molecule has 3 aromatic rings. The molecular weight excluding hydrogens is 367 g/mol. The molecule has 0 saturated carbocycles. The number of nitrogens with one attached hydrogen (secondary N) is 1. The number of halogens is 1. The third kappa shape index (κ3) is 4.90. The predicted molar refractivity (Wildman–Crippen MR) is 102 cm³/mol. The average molecular weight is 386 g/mol. The zero-order chi connectivity index (χ0) is 19.1. The number of ether oxygens (including phenoxy) is 2. The molecule has 27 heavy (non-hydrogen) atoms. The molecule has 1 N–H and O–H groups in total. The molecule has 0 fully saturated rings. The van der Waals surface area contributed by atoms with Crippen molar-refractivity contribution in [2.45, 2.75) is 6.61 Å². The predicted octanol–water partition coefficient (Wildman–Crippen LogP) is 3.90. The summed E-state index contributed by atoms with van der Waals surface area (Å²) in [6.45, 7) is 0.972. The summed E-state index contributed by atoms with van der Waals surface area (Å²) in [6, 6.07) is 13.9. The molecule has 1 amide bonds. The summed E-state index contributed by atoms with van der Waals surface area (Å²) < 4.78 is 24.5. The Hall–Kier alpha value is -2.77. The highest BCUT2D eigenvalue weighted by Crippen LogP contribution is 2.32. The number of hydrogen-bond donors (Lipinski definition) is 1. The van der Waals surface area contributed by atoms with Crippen LogP contribution in [-0.4, -0.2) is 31.2 Å². The summed E-state index contributed by atoms with van der Waals surface area (Å²) in [7, 11) is 1.57. The van der Waals surface area contributed by atoms with E-state index in [1.165, 1.54) is 17.4 Å². The minimum Gasteiger partial charge on any atom is -0.488 e. The third-order valence-electron chi connectivity index (χ3n) is 3.79. The second-order valence-corrected chi connectivity index (χ2v) is 6.52. The van der Waals surface area contributed by atoms with Crippen molar-refractivity contribution < 1.29 is 18.7 Å². The molecule has 0 atom stereocenters. The van der Waals surface area contributed by atoms with Crippen LogP contribution in [-0.2, 0) is 11.3 Å². The number of rotatable bonds is 8. The molecule has 0 unspecified atom stereocenters. The van der Waals surface area contributed by atoms with E-state index >= 15 is 0 Å². The maximum Gasteiger partial charge on any atom is 0.270 e. The first-order valence-electron chi connectivity index (χ1n) is 8.37. The van der Waals surface area contributed by atoms with Crippen LogP contribution in [0.1, 0.15) is 16.1 Å². The highest BCUT2D eigenvalue weighted by atomic mass is 32.1. The van der Waals surface area contributed by atoms with Gasteiger partial charge in [0.2, 0.25) is 0 Å². The number of methoxy groups -OCH3 is 1. The number of benzene rings is 2. The quantitative estimate of drug-likeness (QED) is 0.597. The second-order valence-electron chi connectivity index (χ2n) is 5.66. The first kappa shape index (κ1) is 19.0. The van der Waals surface area contributed by atoms with E-state index in [1.807, 2.05) is 18.2 Å². The van der Waals surface area contributed by atoms with E-state index in [0.717, 1.165) is 5.56 Å². The fourth-order valence-electron chi connectivity index (χ4n) is 2.40. The zero-order valence-electron chi connectivity index (χ0n) is 14.8. The van der Waals surface area contributed by atoms with Gasteiger partial charge in [-0.2, -0.15) is 0 Å². The van der Waals surface area contributed by atoms with Crippen LogP contribution >= 0.6 is 11.3 Å². The Labute approximate surface area is 160 Å². The van der Waals surface area contributed by atoms with Crippen LogP contribution in [0.15, 0.2) is 53.9 Å². The van der Waals surface area contributed by atoms with Crippen LogP contribution < -0.4 is 10.1 Å². The van der Waals surface area contributed by atoms with Gasteiger partial charge >= 0.3 is 0 Å². The normalized spacial score (nSPS) is 10.6. The Morgan fingerprint density at radius 2 is 1.96 bits per heavy atom. The Balaban J connectivity index is 1.74. The molecule has 0 aliphatic carbocycles. The maximum absolute atomic E-state index is 13.8.